The molecule has 0 N–H and O–H groups in total. The lowest BCUT2D eigenvalue weighted by Crippen LogP contribution is -2.40. The van der Waals surface area contributed by atoms with Crippen LogP contribution in [0.4, 0.5) is 0 Å². The van der Waals surface area contributed by atoms with Gasteiger partial charge in [0.05, 0.1) is 13.2 Å². The fraction of sp³-hybridized carbons (Fsp3) is 0.389. The minimum Gasteiger partial charge on any atom is -0.378 e. The van der Waals surface area contributed by atoms with E-state index in [9.17, 15) is 0 Å². The van der Waals surface area contributed by atoms with Crippen LogP contribution in [0.3, 0.4) is 0 Å². The summed E-state index contributed by atoms with van der Waals surface area (Å²) < 4.78 is 7.66. The summed E-state index contributed by atoms with van der Waals surface area (Å²) in [4.78, 5) is 3.14. The molecule has 3 nitrogen and oxygen atoms in total. The molecule has 0 bridgehead atoms. The smallest absolute Gasteiger partial charge is 0.111 e. The van der Waals surface area contributed by atoms with E-state index in [0.29, 0.717) is 0 Å². The molecule has 0 spiro atoms. The molecule has 5 heteroatoms. The number of halogens is 1. The molecule has 0 radical (unpaired) electrons. The number of morpholine rings is 1. The van der Waals surface area contributed by atoms with Crippen molar-refractivity contribution in [2.45, 2.75) is 20.8 Å². The molecule has 0 saturated carbocycles. The van der Waals surface area contributed by atoms with Crippen LogP contribution in [0.2, 0.25) is 5.02 Å². The molecule has 1 aliphatic rings. The molecular formula is C18H21ClN2OS. The Morgan fingerprint density at radius 3 is 2.57 bits per heavy atom. The summed E-state index contributed by atoms with van der Waals surface area (Å²) in [7, 11) is 0. The van der Waals surface area contributed by atoms with E-state index in [4.69, 9.17) is 28.6 Å². The van der Waals surface area contributed by atoms with E-state index in [1.54, 1.807) is 0 Å². The first-order valence-electron chi connectivity index (χ1n) is 7.82. The number of thiocarbonyl (C=S) groups is 1. The molecule has 0 atom stereocenters. The molecule has 1 aromatic heterocycles. The normalized spacial score (nSPS) is 15.0. The highest BCUT2D eigenvalue weighted by Crippen LogP contribution is 2.28. The van der Waals surface area contributed by atoms with Crippen LogP contribution in [0.25, 0.3) is 5.69 Å². The standard InChI is InChI=1S/C18H21ClN2OS/c1-12-11-15(18(23)20-7-9-22-10-8-20)14(3)21(12)17-6-4-5-16(19)13(17)2/h4-6,11H,7-10H2,1-3H3. The van der Waals surface area contributed by atoms with Gasteiger partial charge in [0.25, 0.3) is 0 Å². The van der Waals surface area contributed by atoms with Gasteiger partial charge in [-0.2, -0.15) is 0 Å². The SMILES string of the molecule is Cc1c(Cl)cccc1-n1c(C)cc(C(=S)N2CCOCC2)c1C. The zero-order valence-corrected chi connectivity index (χ0v) is 15.3. The summed E-state index contributed by atoms with van der Waals surface area (Å²) in [6, 6.07) is 8.19. The van der Waals surface area contributed by atoms with Crippen LogP contribution in [0, 0.1) is 20.8 Å². The van der Waals surface area contributed by atoms with Gasteiger partial charge >= 0.3 is 0 Å². The van der Waals surface area contributed by atoms with Crippen LogP contribution in [-0.2, 0) is 4.74 Å². The van der Waals surface area contributed by atoms with Crippen molar-refractivity contribution in [1.29, 1.82) is 0 Å². The first-order valence-corrected chi connectivity index (χ1v) is 8.60. The number of hydrogen-bond acceptors (Lipinski definition) is 2. The van der Waals surface area contributed by atoms with Crippen molar-refractivity contribution >= 4 is 28.8 Å². The minimum atomic E-state index is 0.742. The third-order valence-corrected chi connectivity index (χ3v) is 5.33. The lowest BCUT2D eigenvalue weighted by molar-refractivity contribution is 0.0692. The average molecular weight is 349 g/mol. The van der Waals surface area contributed by atoms with Crippen molar-refractivity contribution in [3.05, 3.63) is 51.8 Å². The monoisotopic (exact) mass is 348 g/mol. The van der Waals surface area contributed by atoms with E-state index in [-0.39, 0.29) is 0 Å². The maximum atomic E-state index is 6.30. The third kappa shape index (κ3) is 3.03. The van der Waals surface area contributed by atoms with Crippen molar-refractivity contribution < 1.29 is 4.74 Å². The second kappa shape index (κ2) is 6.63. The van der Waals surface area contributed by atoms with Gasteiger partial charge in [0.15, 0.2) is 0 Å². The summed E-state index contributed by atoms with van der Waals surface area (Å²) in [5, 5.41) is 0.785. The first kappa shape index (κ1) is 16.5. The van der Waals surface area contributed by atoms with Crippen LogP contribution < -0.4 is 0 Å². The molecule has 0 amide bonds. The average Bonchev–Trinajstić information content (AvgIpc) is 2.85. The van der Waals surface area contributed by atoms with Gasteiger partial charge in [-0.3, -0.25) is 0 Å². The first-order chi connectivity index (χ1) is 11.0. The molecule has 1 saturated heterocycles. The van der Waals surface area contributed by atoms with Gasteiger partial charge < -0.3 is 14.2 Å². The van der Waals surface area contributed by atoms with Crippen molar-refractivity contribution in [1.82, 2.24) is 9.47 Å². The number of benzene rings is 1. The molecule has 1 aliphatic heterocycles. The highest BCUT2D eigenvalue weighted by atomic mass is 35.5. The van der Waals surface area contributed by atoms with Gasteiger partial charge in [0.2, 0.25) is 0 Å². The highest BCUT2D eigenvalue weighted by Gasteiger charge is 2.21. The third-order valence-electron chi connectivity index (χ3n) is 4.44. The van der Waals surface area contributed by atoms with Gasteiger partial charge in [-0.1, -0.05) is 29.9 Å². The Kier molecular flexibility index (Phi) is 4.76. The van der Waals surface area contributed by atoms with Crippen LogP contribution in [0.5, 0.6) is 0 Å². The van der Waals surface area contributed by atoms with Gasteiger partial charge in [-0.15, -0.1) is 0 Å². The van der Waals surface area contributed by atoms with Crippen molar-refractivity contribution in [2.75, 3.05) is 26.3 Å². The van der Waals surface area contributed by atoms with E-state index in [2.05, 4.69) is 42.4 Å². The zero-order chi connectivity index (χ0) is 16.6. The van der Waals surface area contributed by atoms with Gasteiger partial charge in [0, 0.05) is 40.8 Å². The van der Waals surface area contributed by atoms with Crippen LogP contribution in [-0.4, -0.2) is 40.8 Å². The fourth-order valence-electron chi connectivity index (χ4n) is 3.13. The minimum absolute atomic E-state index is 0.742. The Hall–Kier alpha value is -1.36. The topological polar surface area (TPSA) is 17.4 Å². The lowest BCUT2D eigenvalue weighted by atomic mass is 10.2. The van der Waals surface area contributed by atoms with Crippen LogP contribution >= 0.6 is 23.8 Å². The van der Waals surface area contributed by atoms with E-state index < -0.39 is 0 Å². The maximum Gasteiger partial charge on any atom is 0.111 e. The summed E-state index contributed by atoms with van der Waals surface area (Å²) in [5.74, 6) is 0. The van der Waals surface area contributed by atoms with Gasteiger partial charge in [-0.25, -0.2) is 0 Å². The van der Waals surface area contributed by atoms with E-state index in [0.717, 1.165) is 58.8 Å². The second-order valence-corrected chi connectivity index (χ2v) is 6.70. The van der Waals surface area contributed by atoms with Crippen LogP contribution in [0.1, 0.15) is 22.5 Å². The zero-order valence-electron chi connectivity index (χ0n) is 13.7. The van der Waals surface area contributed by atoms with E-state index >= 15 is 0 Å². The maximum absolute atomic E-state index is 6.30. The van der Waals surface area contributed by atoms with Crippen molar-refractivity contribution in [2.24, 2.45) is 0 Å². The quantitative estimate of drug-likeness (QED) is 0.762. The molecule has 3 rings (SSSR count). The fourth-order valence-corrected chi connectivity index (χ4v) is 3.68. The number of aromatic nitrogens is 1. The summed E-state index contributed by atoms with van der Waals surface area (Å²) >= 11 is 12.0. The lowest BCUT2D eigenvalue weighted by Gasteiger charge is -2.29. The summed E-state index contributed by atoms with van der Waals surface area (Å²) in [5.41, 5.74) is 5.64. The molecule has 23 heavy (non-hydrogen) atoms. The van der Waals surface area contributed by atoms with Crippen molar-refractivity contribution in [3.8, 4) is 5.69 Å². The molecule has 122 valence electrons. The van der Waals surface area contributed by atoms with Gasteiger partial charge in [0.1, 0.15) is 4.99 Å². The molecule has 0 aliphatic carbocycles. The highest BCUT2D eigenvalue weighted by molar-refractivity contribution is 7.80. The van der Waals surface area contributed by atoms with Crippen LogP contribution in [0.15, 0.2) is 24.3 Å². The van der Waals surface area contributed by atoms with E-state index in [1.165, 1.54) is 5.69 Å². The number of rotatable bonds is 2. The summed E-state index contributed by atoms with van der Waals surface area (Å²) in [6.45, 7) is 9.49. The number of ether oxygens (including phenoxy) is 1. The Morgan fingerprint density at radius 1 is 1.17 bits per heavy atom. The Morgan fingerprint density at radius 2 is 1.87 bits per heavy atom. The summed E-state index contributed by atoms with van der Waals surface area (Å²) in [6.07, 6.45) is 0. The number of aryl methyl sites for hydroxylation is 1. The van der Waals surface area contributed by atoms with Crippen molar-refractivity contribution in [3.63, 3.8) is 0 Å². The Labute approximate surface area is 147 Å². The number of hydrogen-bond donors (Lipinski definition) is 0. The molecule has 0 unspecified atom stereocenters. The Balaban J connectivity index is 2.02. The second-order valence-electron chi connectivity index (χ2n) is 5.91. The predicted octanol–water partition coefficient (Wildman–Crippen LogP) is 4.06. The Bertz CT molecular complexity index is 748. The molecular weight excluding hydrogens is 328 g/mol. The molecule has 2 heterocycles. The molecule has 1 aromatic carbocycles. The molecule has 1 fully saturated rings. The van der Waals surface area contributed by atoms with E-state index in [1.807, 2.05) is 12.1 Å². The molecule has 2 aromatic rings. The number of nitrogens with zero attached hydrogens (tertiary/aromatic N) is 2. The largest absolute Gasteiger partial charge is 0.378 e. The predicted molar refractivity (Wildman–Crippen MR) is 99.1 cm³/mol. The van der Waals surface area contributed by atoms with Gasteiger partial charge in [-0.05, 0) is 44.5 Å².